The van der Waals surface area contributed by atoms with E-state index in [1.807, 2.05) is 24.3 Å². The average molecular weight is 266 g/mol. The molecule has 0 aromatic heterocycles. The molecule has 1 rings (SSSR count). The molecule has 0 atom stereocenters. The first-order valence-corrected chi connectivity index (χ1v) is 5.87. The molecule has 0 bridgehead atoms. The standard InChI is InChI=1S/C13H18N2O4/c1-18-11-5-3-4-10(8-11)9-15-13(17)14-7-6-12(16)19-2/h3-5,8H,6-7,9H2,1-2H3,(H2,14,15,17). The van der Waals surface area contributed by atoms with Crippen LogP contribution in [0.1, 0.15) is 12.0 Å². The fraction of sp³-hybridized carbons (Fsp3) is 0.385. The highest BCUT2D eigenvalue weighted by Crippen LogP contribution is 2.11. The van der Waals surface area contributed by atoms with Crippen molar-refractivity contribution in [3.8, 4) is 5.75 Å². The predicted octanol–water partition coefficient (Wildman–Crippen LogP) is 1.06. The summed E-state index contributed by atoms with van der Waals surface area (Å²) in [5.74, 6) is 0.387. The van der Waals surface area contributed by atoms with Crippen LogP contribution in [-0.2, 0) is 16.1 Å². The normalized spacial score (nSPS) is 9.58. The van der Waals surface area contributed by atoms with Crippen LogP contribution in [0.25, 0.3) is 0 Å². The molecule has 0 heterocycles. The molecule has 2 amide bonds. The van der Waals surface area contributed by atoms with Crippen molar-refractivity contribution in [2.75, 3.05) is 20.8 Å². The number of carbonyl (C=O) groups is 2. The molecule has 0 saturated carbocycles. The minimum absolute atomic E-state index is 0.156. The van der Waals surface area contributed by atoms with Crippen molar-refractivity contribution in [1.29, 1.82) is 0 Å². The Morgan fingerprint density at radius 3 is 2.68 bits per heavy atom. The minimum atomic E-state index is -0.354. The van der Waals surface area contributed by atoms with Gasteiger partial charge in [-0.1, -0.05) is 12.1 Å². The van der Waals surface area contributed by atoms with Crippen LogP contribution < -0.4 is 15.4 Å². The Labute approximate surface area is 112 Å². The van der Waals surface area contributed by atoms with Gasteiger partial charge in [0.2, 0.25) is 0 Å². The summed E-state index contributed by atoms with van der Waals surface area (Å²) in [5, 5.41) is 5.25. The first-order valence-electron chi connectivity index (χ1n) is 5.87. The van der Waals surface area contributed by atoms with E-state index in [9.17, 15) is 9.59 Å². The number of carbonyl (C=O) groups excluding carboxylic acids is 2. The molecular weight excluding hydrogens is 248 g/mol. The van der Waals surface area contributed by atoms with Crippen LogP contribution in [0.15, 0.2) is 24.3 Å². The maximum absolute atomic E-state index is 11.4. The molecule has 1 aromatic carbocycles. The summed E-state index contributed by atoms with van der Waals surface area (Å²) in [6.07, 6.45) is 0.156. The van der Waals surface area contributed by atoms with E-state index in [1.54, 1.807) is 7.11 Å². The van der Waals surface area contributed by atoms with Crippen molar-refractivity contribution in [3.63, 3.8) is 0 Å². The van der Waals surface area contributed by atoms with Gasteiger partial charge in [0.1, 0.15) is 5.75 Å². The highest BCUT2D eigenvalue weighted by molar-refractivity contribution is 5.75. The number of amides is 2. The zero-order chi connectivity index (χ0) is 14.1. The van der Waals surface area contributed by atoms with E-state index in [-0.39, 0.29) is 25.0 Å². The first kappa shape index (κ1) is 14.8. The second-order valence-electron chi connectivity index (χ2n) is 3.79. The van der Waals surface area contributed by atoms with Gasteiger partial charge in [-0.05, 0) is 17.7 Å². The van der Waals surface area contributed by atoms with Crippen LogP contribution in [-0.4, -0.2) is 32.8 Å². The molecule has 104 valence electrons. The monoisotopic (exact) mass is 266 g/mol. The number of nitrogens with one attached hydrogen (secondary N) is 2. The van der Waals surface area contributed by atoms with E-state index < -0.39 is 0 Å². The van der Waals surface area contributed by atoms with E-state index in [1.165, 1.54) is 7.11 Å². The molecule has 1 aromatic rings. The summed E-state index contributed by atoms with van der Waals surface area (Å²) in [5.41, 5.74) is 0.933. The molecule has 0 spiro atoms. The van der Waals surface area contributed by atoms with Crippen molar-refractivity contribution in [2.45, 2.75) is 13.0 Å². The van der Waals surface area contributed by atoms with Crippen LogP contribution in [0.3, 0.4) is 0 Å². The average Bonchev–Trinajstić information content (AvgIpc) is 2.45. The molecule has 2 N–H and O–H groups in total. The van der Waals surface area contributed by atoms with E-state index in [2.05, 4.69) is 15.4 Å². The van der Waals surface area contributed by atoms with Crippen LogP contribution in [0, 0.1) is 0 Å². The van der Waals surface area contributed by atoms with Crippen LogP contribution in [0.5, 0.6) is 5.75 Å². The lowest BCUT2D eigenvalue weighted by Gasteiger charge is -2.08. The summed E-state index contributed by atoms with van der Waals surface area (Å²) >= 11 is 0. The molecule has 0 radical (unpaired) electrons. The molecule has 19 heavy (non-hydrogen) atoms. The maximum Gasteiger partial charge on any atom is 0.315 e. The lowest BCUT2D eigenvalue weighted by molar-refractivity contribution is -0.140. The third-order valence-corrected chi connectivity index (χ3v) is 2.43. The summed E-state index contributed by atoms with van der Waals surface area (Å²) in [7, 11) is 2.90. The molecule has 0 aliphatic rings. The van der Waals surface area contributed by atoms with Crippen molar-refractivity contribution in [1.82, 2.24) is 10.6 Å². The van der Waals surface area contributed by atoms with Gasteiger partial charge in [0, 0.05) is 13.1 Å². The third kappa shape index (κ3) is 5.76. The van der Waals surface area contributed by atoms with Gasteiger partial charge in [-0.3, -0.25) is 4.79 Å². The summed E-state index contributed by atoms with van der Waals surface area (Å²) in [6.45, 7) is 0.637. The smallest absolute Gasteiger partial charge is 0.315 e. The number of urea groups is 1. The number of hydrogen-bond donors (Lipinski definition) is 2. The Morgan fingerprint density at radius 1 is 1.21 bits per heavy atom. The maximum atomic E-state index is 11.4. The van der Waals surface area contributed by atoms with E-state index >= 15 is 0 Å². The zero-order valence-corrected chi connectivity index (χ0v) is 11.1. The van der Waals surface area contributed by atoms with Gasteiger partial charge >= 0.3 is 12.0 Å². The quantitative estimate of drug-likeness (QED) is 0.755. The molecular formula is C13H18N2O4. The Hall–Kier alpha value is -2.24. The van der Waals surface area contributed by atoms with Gasteiger partial charge in [0.25, 0.3) is 0 Å². The number of ether oxygens (including phenoxy) is 2. The van der Waals surface area contributed by atoms with E-state index in [0.717, 1.165) is 11.3 Å². The van der Waals surface area contributed by atoms with Gasteiger partial charge < -0.3 is 20.1 Å². The Morgan fingerprint density at radius 2 is 2.00 bits per heavy atom. The van der Waals surface area contributed by atoms with Crippen molar-refractivity contribution in [2.24, 2.45) is 0 Å². The van der Waals surface area contributed by atoms with Gasteiger partial charge in [-0.25, -0.2) is 4.79 Å². The number of benzene rings is 1. The number of hydrogen-bond acceptors (Lipinski definition) is 4. The van der Waals surface area contributed by atoms with Crippen molar-refractivity contribution >= 4 is 12.0 Å². The largest absolute Gasteiger partial charge is 0.497 e. The fourth-order valence-electron chi connectivity index (χ4n) is 1.41. The molecule has 0 unspecified atom stereocenters. The van der Waals surface area contributed by atoms with Gasteiger partial charge in [-0.2, -0.15) is 0 Å². The third-order valence-electron chi connectivity index (χ3n) is 2.43. The first-order chi connectivity index (χ1) is 9.15. The molecule has 0 aliphatic heterocycles. The van der Waals surface area contributed by atoms with Crippen molar-refractivity contribution < 1.29 is 19.1 Å². The molecule has 6 heteroatoms. The minimum Gasteiger partial charge on any atom is -0.497 e. The highest BCUT2D eigenvalue weighted by Gasteiger charge is 2.03. The molecule has 0 saturated heterocycles. The summed E-state index contributed by atoms with van der Waals surface area (Å²) in [6, 6.07) is 7.09. The number of rotatable bonds is 6. The fourth-order valence-corrected chi connectivity index (χ4v) is 1.41. The topological polar surface area (TPSA) is 76.7 Å². The second-order valence-corrected chi connectivity index (χ2v) is 3.79. The lowest BCUT2D eigenvalue weighted by atomic mass is 10.2. The highest BCUT2D eigenvalue weighted by atomic mass is 16.5. The Balaban J connectivity index is 2.27. The number of esters is 1. The van der Waals surface area contributed by atoms with Crippen LogP contribution >= 0.6 is 0 Å². The van der Waals surface area contributed by atoms with Gasteiger partial charge in [-0.15, -0.1) is 0 Å². The van der Waals surface area contributed by atoms with Gasteiger partial charge in [0.15, 0.2) is 0 Å². The van der Waals surface area contributed by atoms with E-state index in [4.69, 9.17) is 4.74 Å². The van der Waals surface area contributed by atoms with E-state index in [0.29, 0.717) is 6.54 Å². The van der Waals surface area contributed by atoms with Crippen LogP contribution in [0.2, 0.25) is 0 Å². The Kier molecular flexibility index (Phi) is 6.21. The predicted molar refractivity (Wildman–Crippen MR) is 69.9 cm³/mol. The summed E-state index contributed by atoms with van der Waals surface area (Å²) in [4.78, 5) is 22.3. The van der Waals surface area contributed by atoms with Gasteiger partial charge in [0.05, 0.1) is 20.6 Å². The van der Waals surface area contributed by atoms with Crippen molar-refractivity contribution in [3.05, 3.63) is 29.8 Å². The van der Waals surface area contributed by atoms with Crippen LogP contribution in [0.4, 0.5) is 4.79 Å². The number of methoxy groups -OCH3 is 2. The molecule has 0 aliphatic carbocycles. The molecule has 6 nitrogen and oxygen atoms in total. The zero-order valence-electron chi connectivity index (χ0n) is 11.1. The Bertz CT molecular complexity index is 434. The second kappa shape index (κ2) is 7.97. The SMILES string of the molecule is COC(=O)CCNC(=O)NCc1cccc(OC)c1. The lowest BCUT2D eigenvalue weighted by Crippen LogP contribution is -2.36. The summed E-state index contributed by atoms with van der Waals surface area (Å²) < 4.78 is 9.55. The molecule has 0 fully saturated rings.